The first-order valence-corrected chi connectivity index (χ1v) is 16.3. The molecule has 0 radical (unpaired) electrons. The van der Waals surface area contributed by atoms with E-state index in [0.29, 0.717) is 0 Å². The molecule has 0 unspecified atom stereocenters. The summed E-state index contributed by atoms with van der Waals surface area (Å²) in [4.78, 5) is 13.8. The molecule has 20 heteroatoms. The quantitative estimate of drug-likeness (QED) is 0.104. The van der Waals surface area contributed by atoms with E-state index in [9.17, 15) is 61.0 Å². The maximum absolute atomic E-state index is 13.8. The third-order valence-corrected chi connectivity index (χ3v) is 9.21. The standard InChI is InChI=1S/C33H40O20/c1-10-20(38)29(52-31-25(43)21(39)15(37)8-47-31)27(45)32(49-10)48-9-18-22(40)24(42)26(44)33(51-18)53-30-23(41)19-14(36)6-12(34)7-17(19)50-28(30)11-3-4-13(35)16(5-11)46-2/h3-7,10,15,18,20-22,24-27,29,31-40,42-45H,8-9H2,1-2H3/t10-,15-,18-,20-,21+,22-,24+,25-,26-,27-,29+,31+,32-,33+/m0/s1. The zero-order valence-electron chi connectivity index (χ0n) is 28.0. The van der Waals surface area contributed by atoms with Crippen LogP contribution in [0.3, 0.4) is 0 Å². The van der Waals surface area contributed by atoms with E-state index in [1.165, 1.54) is 32.2 Å². The Morgan fingerprint density at radius 3 is 2.21 bits per heavy atom. The Morgan fingerprint density at radius 2 is 1.49 bits per heavy atom. The van der Waals surface area contributed by atoms with Crippen LogP contribution in [0.15, 0.2) is 39.5 Å². The summed E-state index contributed by atoms with van der Waals surface area (Å²) in [6.45, 7) is 0.314. The number of benzene rings is 2. The number of aromatic hydroxyl groups is 3. The number of hydrogen-bond acceptors (Lipinski definition) is 20. The summed E-state index contributed by atoms with van der Waals surface area (Å²) in [5.41, 5.74) is -1.21. The van der Waals surface area contributed by atoms with Crippen LogP contribution in [0.25, 0.3) is 22.3 Å². The van der Waals surface area contributed by atoms with Crippen LogP contribution in [0.1, 0.15) is 6.92 Å². The molecule has 3 aliphatic rings. The van der Waals surface area contributed by atoms with Crippen molar-refractivity contribution in [3.8, 4) is 40.1 Å². The van der Waals surface area contributed by atoms with E-state index >= 15 is 0 Å². The molecule has 0 amide bonds. The maximum atomic E-state index is 13.8. The van der Waals surface area contributed by atoms with Gasteiger partial charge in [0.15, 0.2) is 29.8 Å². The van der Waals surface area contributed by atoms with Gasteiger partial charge >= 0.3 is 0 Å². The fourth-order valence-electron chi connectivity index (χ4n) is 6.19. The number of ether oxygens (including phenoxy) is 7. The van der Waals surface area contributed by atoms with E-state index in [-0.39, 0.29) is 28.4 Å². The summed E-state index contributed by atoms with van der Waals surface area (Å²) in [6, 6.07) is 5.75. The van der Waals surface area contributed by atoms with E-state index in [0.717, 1.165) is 12.1 Å². The monoisotopic (exact) mass is 756 g/mol. The highest BCUT2D eigenvalue weighted by Crippen LogP contribution is 2.40. The molecule has 2 aromatic carbocycles. The molecule has 0 spiro atoms. The number of aliphatic hydroxyl groups excluding tert-OH is 8. The minimum atomic E-state index is -2.01. The van der Waals surface area contributed by atoms with Crippen LogP contribution in [-0.2, 0) is 23.7 Å². The van der Waals surface area contributed by atoms with Gasteiger partial charge in [0.2, 0.25) is 17.5 Å². The van der Waals surface area contributed by atoms with Crippen molar-refractivity contribution in [1.82, 2.24) is 0 Å². The average molecular weight is 757 g/mol. The molecule has 1 aromatic heterocycles. The molecule has 3 aromatic rings. The highest BCUT2D eigenvalue weighted by Gasteiger charge is 2.50. The van der Waals surface area contributed by atoms with Gasteiger partial charge in [-0.15, -0.1) is 0 Å². The Morgan fingerprint density at radius 1 is 0.774 bits per heavy atom. The van der Waals surface area contributed by atoms with E-state index in [2.05, 4.69) is 0 Å². The third-order valence-electron chi connectivity index (χ3n) is 9.21. The van der Waals surface area contributed by atoms with E-state index in [1.54, 1.807) is 0 Å². The predicted octanol–water partition coefficient (Wildman–Crippen LogP) is -2.92. The molecule has 6 rings (SSSR count). The van der Waals surface area contributed by atoms with Crippen molar-refractivity contribution in [3.05, 3.63) is 40.6 Å². The number of hydrogen-bond donors (Lipinski definition) is 11. The van der Waals surface area contributed by atoms with Crippen molar-refractivity contribution in [2.24, 2.45) is 0 Å². The van der Waals surface area contributed by atoms with Crippen LogP contribution in [0.5, 0.6) is 28.7 Å². The van der Waals surface area contributed by atoms with Crippen LogP contribution >= 0.6 is 0 Å². The lowest BCUT2D eigenvalue weighted by Crippen LogP contribution is -2.63. The first-order chi connectivity index (χ1) is 25.1. The lowest BCUT2D eigenvalue weighted by molar-refractivity contribution is -0.351. The predicted molar refractivity (Wildman–Crippen MR) is 172 cm³/mol. The number of phenols is 3. The first-order valence-electron chi connectivity index (χ1n) is 16.3. The highest BCUT2D eigenvalue weighted by molar-refractivity contribution is 5.88. The van der Waals surface area contributed by atoms with Gasteiger partial charge in [0.05, 0.1) is 26.4 Å². The second-order valence-electron chi connectivity index (χ2n) is 12.8. The number of fused-ring (bicyclic) bond motifs is 1. The lowest BCUT2D eigenvalue weighted by Gasteiger charge is -2.45. The molecule has 53 heavy (non-hydrogen) atoms. The average Bonchev–Trinajstić information content (AvgIpc) is 3.12. The normalized spacial score (nSPS) is 36.3. The van der Waals surface area contributed by atoms with Gasteiger partial charge in [-0.05, 0) is 25.1 Å². The van der Waals surface area contributed by atoms with Crippen molar-refractivity contribution in [2.75, 3.05) is 20.3 Å². The molecule has 3 aliphatic heterocycles. The zero-order chi connectivity index (χ0) is 38.5. The molecule has 0 aliphatic carbocycles. The largest absolute Gasteiger partial charge is 0.508 e. The summed E-state index contributed by atoms with van der Waals surface area (Å²) in [5.74, 6) is -2.46. The summed E-state index contributed by atoms with van der Waals surface area (Å²) in [6.07, 6.45) is -23.2. The van der Waals surface area contributed by atoms with Gasteiger partial charge in [0.1, 0.15) is 83.5 Å². The Balaban J connectivity index is 1.24. The highest BCUT2D eigenvalue weighted by atomic mass is 16.7. The number of aliphatic hydroxyl groups is 8. The van der Waals surface area contributed by atoms with Crippen LogP contribution in [0, 0.1) is 0 Å². The Labute approximate surface area is 298 Å². The zero-order valence-corrected chi connectivity index (χ0v) is 28.0. The summed E-state index contributed by atoms with van der Waals surface area (Å²) in [5, 5.41) is 114. The summed E-state index contributed by atoms with van der Waals surface area (Å²) < 4.78 is 44.6. The third kappa shape index (κ3) is 7.47. The van der Waals surface area contributed by atoms with Crippen molar-refractivity contribution in [1.29, 1.82) is 0 Å². The molecule has 11 N–H and O–H groups in total. The molecule has 3 fully saturated rings. The van der Waals surface area contributed by atoms with Gasteiger partial charge in [-0.3, -0.25) is 4.79 Å². The smallest absolute Gasteiger partial charge is 0.239 e. The van der Waals surface area contributed by atoms with Crippen LogP contribution in [0.2, 0.25) is 0 Å². The Bertz CT molecular complexity index is 1820. The van der Waals surface area contributed by atoms with Gasteiger partial charge in [-0.25, -0.2) is 0 Å². The number of methoxy groups -OCH3 is 1. The lowest BCUT2D eigenvalue weighted by atomic mass is 9.98. The Kier molecular flexibility index (Phi) is 11.3. The van der Waals surface area contributed by atoms with Crippen molar-refractivity contribution in [2.45, 2.75) is 92.9 Å². The molecule has 0 saturated carbocycles. The van der Waals surface area contributed by atoms with E-state index in [1.807, 2.05) is 0 Å². The van der Waals surface area contributed by atoms with E-state index < -0.39 is 127 Å². The van der Waals surface area contributed by atoms with Crippen LogP contribution in [-0.4, -0.2) is 163 Å². The second kappa shape index (κ2) is 15.5. The molecule has 292 valence electrons. The SMILES string of the molecule is COc1cc(-c2oc3cc(O)cc(O)c3c(=O)c2O[C@H]2O[C@@H](CO[C@H]3O[C@@H](C)[C@H](O)[C@@H](O[C@H]4OC[C@H](O)[C@@H](O)[C@@H]4O)[C@@H]3O)[C@H](O)[C@@H](O)[C@@H]2O)ccc1O. The summed E-state index contributed by atoms with van der Waals surface area (Å²) >= 11 is 0. The van der Waals surface area contributed by atoms with Crippen LogP contribution < -0.4 is 14.9 Å². The Hall–Kier alpha value is -3.87. The molecular weight excluding hydrogens is 716 g/mol. The van der Waals surface area contributed by atoms with Crippen LogP contribution in [0.4, 0.5) is 0 Å². The molecule has 20 nitrogen and oxygen atoms in total. The number of phenolic OH excluding ortho intramolecular Hbond substituents is 3. The van der Waals surface area contributed by atoms with Crippen molar-refractivity contribution < 1.29 is 93.7 Å². The maximum Gasteiger partial charge on any atom is 0.239 e. The topological polar surface area (TPSA) is 317 Å². The molecule has 3 saturated heterocycles. The van der Waals surface area contributed by atoms with Gasteiger partial charge < -0.3 is 93.7 Å². The minimum Gasteiger partial charge on any atom is -0.508 e. The van der Waals surface area contributed by atoms with Crippen molar-refractivity contribution >= 4 is 11.0 Å². The van der Waals surface area contributed by atoms with Crippen molar-refractivity contribution in [3.63, 3.8) is 0 Å². The molecule has 4 heterocycles. The van der Waals surface area contributed by atoms with Gasteiger partial charge in [-0.1, -0.05) is 0 Å². The van der Waals surface area contributed by atoms with E-state index in [4.69, 9.17) is 37.6 Å². The fourth-order valence-corrected chi connectivity index (χ4v) is 6.19. The molecule has 14 atom stereocenters. The second-order valence-corrected chi connectivity index (χ2v) is 12.8. The first kappa shape index (κ1) is 38.8. The van der Waals surface area contributed by atoms with Gasteiger partial charge in [0.25, 0.3) is 0 Å². The van der Waals surface area contributed by atoms with Gasteiger partial charge in [-0.2, -0.15) is 0 Å². The molecular formula is C33H40O20. The fraction of sp³-hybridized carbons (Fsp3) is 0.545. The van der Waals surface area contributed by atoms with Gasteiger partial charge in [0, 0.05) is 17.7 Å². The molecule has 0 bridgehead atoms. The minimum absolute atomic E-state index is 0.0416. The number of rotatable bonds is 9. The summed E-state index contributed by atoms with van der Waals surface area (Å²) in [7, 11) is 1.27.